The summed E-state index contributed by atoms with van der Waals surface area (Å²) >= 11 is 0. The molecule has 0 aliphatic heterocycles. The Balaban J connectivity index is 2.52. The summed E-state index contributed by atoms with van der Waals surface area (Å²) in [5.74, 6) is 1.33. The molecule has 5 heteroatoms. The molecule has 5 nitrogen and oxygen atoms in total. The molecule has 0 aliphatic carbocycles. The van der Waals surface area contributed by atoms with Crippen LogP contribution >= 0.6 is 0 Å². The Morgan fingerprint density at radius 3 is 2.67 bits per heavy atom. The average Bonchev–Trinajstić information content (AvgIpc) is 2.49. The Bertz CT molecular complexity index is 409. The van der Waals surface area contributed by atoms with Crippen molar-refractivity contribution in [2.45, 2.75) is 38.8 Å². The van der Waals surface area contributed by atoms with E-state index in [1.165, 1.54) is 0 Å². The number of hydrogen-bond acceptors (Lipinski definition) is 5. The lowest BCUT2D eigenvalue weighted by Crippen LogP contribution is -2.24. The van der Waals surface area contributed by atoms with Gasteiger partial charge in [0.25, 0.3) is 0 Å². The fourth-order valence-electron chi connectivity index (χ4n) is 1.84. The SMILES string of the molecule is CCCCOCC(O)COc1cc(OC)ccc1[C@@H](C)N. The summed E-state index contributed by atoms with van der Waals surface area (Å²) < 4.78 is 16.2. The van der Waals surface area contributed by atoms with Crippen LogP contribution in [0.3, 0.4) is 0 Å². The van der Waals surface area contributed by atoms with Gasteiger partial charge in [-0.25, -0.2) is 0 Å². The molecule has 0 saturated heterocycles. The van der Waals surface area contributed by atoms with Crippen LogP contribution in [0.15, 0.2) is 18.2 Å². The lowest BCUT2D eigenvalue weighted by atomic mass is 10.1. The third-order valence-electron chi connectivity index (χ3n) is 3.09. The van der Waals surface area contributed by atoms with Crippen molar-refractivity contribution in [2.75, 3.05) is 26.9 Å². The van der Waals surface area contributed by atoms with Crippen LogP contribution in [0.1, 0.15) is 38.3 Å². The van der Waals surface area contributed by atoms with Gasteiger partial charge >= 0.3 is 0 Å². The summed E-state index contributed by atoms with van der Waals surface area (Å²) in [5.41, 5.74) is 6.80. The number of hydrogen-bond donors (Lipinski definition) is 2. The molecule has 1 rings (SSSR count). The number of methoxy groups -OCH3 is 1. The monoisotopic (exact) mass is 297 g/mol. The fourth-order valence-corrected chi connectivity index (χ4v) is 1.84. The number of unbranched alkanes of at least 4 members (excludes halogenated alkanes) is 1. The van der Waals surface area contributed by atoms with Crippen molar-refractivity contribution in [3.05, 3.63) is 23.8 Å². The second-order valence-electron chi connectivity index (χ2n) is 5.09. The molecule has 0 bridgehead atoms. The standard InChI is InChI=1S/C16H27NO4/c1-4-5-8-20-10-13(18)11-21-16-9-14(19-3)6-7-15(16)12(2)17/h6-7,9,12-13,18H,4-5,8,10-11,17H2,1-3H3/t12-,13?/m1/s1. The number of benzene rings is 1. The molecule has 2 atom stereocenters. The minimum Gasteiger partial charge on any atom is -0.497 e. The first-order valence-electron chi connectivity index (χ1n) is 7.40. The molecule has 0 aromatic heterocycles. The van der Waals surface area contributed by atoms with E-state index in [4.69, 9.17) is 19.9 Å². The molecule has 0 amide bonds. The summed E-state index contributed by atoms with van der Waals surface area (Å²) in [6.07, 6.45) is 1.42. The van der Waals surface area contributed by atoms with Crippen LogP contribution < -0.4 is 15.2 Å². The zero-order valence-corrected chi connectivity index (χ0v) is 13.2. The second kappa shape index (κ2) is 9.60. The van der Waals surface area contributed by atoms with Crippen LogP contribution in [0.4, 0.5) is 0 Å². The summed E-state index contributed by atoms with van der Waals surface area (Å²) in [5, 5.41) is 9.85. The number of rotatable bonds is 10. The Hall–Kier alpha value is -1.30. The molecule has 0 spiro atoms. The Kier molecular flexibility index (Phi) is 8.12. The maximum absolute atomic E-state index is 9.85. The molecule has 0 saturated carbocycles. The van der Waals surface area contributed by atoms with Crippen molar-refractivity contribution in [3.8, 4) is 11.5 Å². The molecular formula is C16H27NO4. The summed E-state index contributed by atoms with van der Waals surface area (Å²) in [6.45, 7) is 5.09. The predicted molar refractivity (Wildman–Crippen MR) is 82.8 cm³/mol. The van der Waals surface area contributed by atoms with Crippen LogP contribution in [0.2, 0.25) is 0 Å². The van der Waals surface area contributed by atoms with Crippen LogP contribution in [0, 0.1) is 0 Å². The first kappa shape index (κ1) is 17.8. The van der Waals surface area contributed by atoms with Gasteiger partial charge in [0.15, 0.2) is 0 Å². The van der Waals surface area contributed by atoms with Crippen LogP contribution in [0.25, 0.3) is 0 Å². The average molecular weight is 297 g/mol. The topological polar surface area (TPSA) is 73.9 Å². The van der Waals surface area contributed by atoms with Gasteiger partial charge in [0.2, 0.25) is 0 Å². The number of aliphatic hydroxyl groups excluding tert-OH is 1. The lowest BCUT2D eigenvalue weighted by molar-refractivity contribution is 0.0110. The van der Waals surface area contributed by atoms with Crippen molar-refractivity contribution in [2.24, 2.45) is 5.73 Å². The largest absolute Gasteiger partial charge is 0.497 e. The molecule has 0 radical (unpaired) electrons. The highest BCUT2D eigenvalue weighted by atomic mass is 16.5. The zero-order valence-electron chi connectivity index (χ0n) is 13.2. The molecule has 120 valence electrons. The molecule has 0 heterocycles. The van der Waals surface area contributed by atoms with Gasteiger partial charge < -0.3 is 25.1 Å². The van der Waals surface area contributed by atoms with Crippen LogP contribution in [-0.2, 0) is 4.74 Å². The first-order valence-corrected chi connectivity index (χ1v) is 7.40. The molecule has 1 unspecified atom stereocenters. The quantitative estimate of drug-likeness (QED) is 0.648. The molecule has 1 aromatic carbocycles. The van der Waals surface area contributed by atoms with E-state index in [1.54, 1.807) is 13.2 Å². The molecular weight excluding hydrogens is 270 g/mol. The summed E-state index contributed by atoms with van der Waals surface area (Å²) in [7, 11) is 1.60. The van der Waals surface area contributed by atoms with E-state index >= 15 is 0 Å². The smallest absolute Gasteiger partial charge is 0.127 e. The highest BCUT2D eigenvalue weighted by Gasteiger charge is 2.12. The highest BCUT2D eigenvalue weighted by molar-refractivity contribution is 5.42. The van der Waals surface area contributed by atoms with E-state index in [0.717, 1.165) is 18.4 Å². The van der Waals surface area contributed by atoms with Crippen molar-refractivity contribution >= 4 is 0 Å². The van der Waals surface area contributed by atoms with Gasteiger partial charge in [-0.2, -0.15) is 0 Å². The van der Waals surface area contributed by atoms with Crippen LogP contribution in [-0.4, -0.2) is 38.1 Å². The molecule has 3 N–H and O–H groups in total. The minimum absolute atomic E-state index is 0.149. The van der Waals surface area contributed by atoms with Gasteiger partial charge in [-0.3, -0.25) is 0 Å². The molecule has 0 fully saturated rings. The van der Waals surface area contributed by atoms with Crippen molar-refractivity contribution in [3.63, 3.8) is 0 Å². The highest BCUT2D eigenvalue weighted by Crippen LogP contribution is 2.28. The van der Waals surface area contributed by atoms with Crippen molar-refractivity contribution in [1.82, 2.24) is 0 Å². The Labute approximate surface area is 127 Å². The third-order valence-corrected chi connectivity index (χ3v) is 3.09. The van der Waals surface area contributed by atoms with E-state index in [0.29, 0.717) is 18.1 Å². The molecule has 0 aliphatic rings. The van der Waals surface area contributed by atoms with E-state index in [-0.39, 0.29) is 19.3 Å². The van der Waals surface area contributed by atoms with Gasteiger partial charge in [-0.15, -0.1) is 0 Å². The summed E-state index contributed by atoms with van der Waals surface area (Å²) in [4.78, 5) is 0. The second-order valence-corrected chi connectivity index (χ2v) is 5.09. The van der Waals surface area contributed by atoms with E-state index in [2.05, 4.69) is 6.92 Å². The van der Waals surface area contributed by atoms with Crippen LogP contribution in [0.5, 0.6) is 11.5 Å². The minimum atomic E-state index is -0.658. The first-order chi connectivity index (χ1) is 10.1. The van der Waals surface area contributed by atoms with Crippen molar-refractivity contribution in [1.29, 1.82) is 0 Å². The van der Waals surface area contributed by atoms with E-state index < -0.39 is 6.10 Å². The molecule has 21 heavy (non-hydrogen) atoms. The lowest BCUT2D eigenvalue weighted by Gasteiger charge is -2.17. The van der Waals surface area contributed by atoms with Gasteiger partial charge in [-0.1, -0.05) is 19.4 Å². The van der Waals surface area contributed by atoms with E-state index in [9.17, 15) is 5.11 Å². The van der Waals surface area contributed by atoms with Gasteiger partial charge in [0.05, 0.1) is 13.7 Å². The van der Waals surface area contributed by atoms with Gasteiger partial charge in [-0.05, 0) is 19.4 Å². The van der Waals surface area contributed by atoms with Gasteiger partial charge in [0.1, 0.15) is 24.2 Å². The predicted octanol–water partition coefficient (Wildman–Crippen LogP) is 2.27. The number of nitrogens with two attached hydrogens (primary N) is 1. The number of ether oxygens (including phenoxy) is 3. The maximum Gasteiger partial charge on any atom is 0.127 e. The fraction of sp³-hybridized carbons (Fsp3) is 0.625. The maximum atomic E-state index is 9.85. The Morgan fingerprint density at radius 2 is 2.05 bits per heavy atom. The third kappa shape index (κ3) is 6.33. The molecule has 1 aromatic rings. The normalized spacial score (nSPS) is 13.8. The van der Waals surface area contributed by atoms with E-state index in [1.807, 2.05) is 19.1 Å². The van der Waals surface area contributed by atoms with Crippen molar-refractivity contribution < 1.29 is 19.3 Å². The number of aliphatic hydroxyl groups is 1. The summed E-state index contributed by atoms with van der Waals surface area (Å²) in [6, 6.07) is 5.35. The zero-order chi connectivity index (χ0) is 15.7. The van der Waals surface area contributed by atoms with Gasteiger partial charge in [0, 0.05) is 24.3 Å². The Morgan fingerprint density at radius 1 is 1.29 bits per heavy atom.